The van der Waals surface area contributed by atoms with Crippen molar-refractivity contribution in [3.8, 4) is 5.75 Å². The Morgan fingerprint density at radius 2 is 1.73 bits per heavy atom. The minimum Gasteiger partial charge on any atom is -0.493 e. The van der Waals surface area contributed by atoms with Crippen LogP contribution in [0.15, 0.2) is 48.5 Å². The van der Waals surface area contributed by atoms with Crippen molar-refractivity contribution >= 4 is 0 Å². The number of hydrogen-bond acceptors (Lipinski definition) is 3. The molecule has 3 heteroatoms. The van der Waals surface area contributed by atoms with Gasteiger partial charge >= 0.3 is 0 Å². The van der Waals surface area contributed by atoms with Crippen LogP contribution in [0.4, 0.5) is 0 Å². The molecule has 0 amide bonds. The zero-order valence-corrected chi connectivity index (χ0v) is 12.8. The van der Waals surface area contributed by atoms with Crippen molar-refractivity contribution in [2.24, 2.45) is 0 Å². The maximum absolute atomic E-state index is 5.73. The van der Waals surface area contributed by atoms with E-state index in [-0.39, 0.29) is 0 Å². The summed E-state index contributed by atoms with van der Waals surface area (Å²) in [6.45, 7) is 5.09. The Balaban J connectivity index is 1.32. The maximum Gasteiger partial charge on any atom is 0.124 e. The van der Waals surface area contributed by atoms with Crippen molar-refractivity contribution in [3.63, 3.8) is 0 Å². The number of nitrogens with zero attached hydrogens (tertiary/aromatic N) is 1. The second kappa shape index (κ2) is 6.11. The molecule has 4 rings (SSSR count). The molecule has 0 spiro atoms. The molecule has 0 bridgehead atoms. The second-order valence-corrected chi connectivity index (χ2v) is 6.16. The molecule has 2 aromatic rings. The average Bonchev–Trinajstić information content (AvgIpc) is 2.98. The van der Waals surface area contributed by atoms with E-state index < -0.39 is 0 Å². The third kappa shape index (κ3) is 2.74. The molecule has 2 aliphatic rings. The van der Waals surface area contributed by atoms with Crippen molar-refractivity contribution in [2.75, 3.05) is 19.7 Å². The van der Waals surface area contributed by atoms with E-state index in [2.05, 4.69) is 52.7 Å². The molecule has 0 saturated carbocycles. The predicted molar refractivity (Wildman–Crippen MR) is 87.9 cm³/mol. The summed E-state index contributed by atoms with van der Waals surface area (Å²) in [7, 11) is 0. The van der Waals surface area contributed by atoms with Gasteiger partial charge in [-0.2, -0.15) is 0 Å². The fourth-order valence-corrected chi connectivity index (χ4v) is 3.51. The van der Waals surface area contributed by atoms with E-state index in [1.165, 1.54) is 16.7 Å². The Kier molecular flexibility index (Phi) is 3.83. The molecule has 0 radical (unpaired) electrons. The van der Waals surface area contributed by atoms with Gasteiger partial charge in [0.2, 0.25) is 0 Å². The van der Waals surface area contributed by atoms with Crippen LogP contribution in [-0.2, 0) is 13.1 Å². The van der Waals surface area contributed by atoms with Crippen LogP contribution in [-0.4, -0.2) is 24.6 Å². The standard InChI is InChI=1S/C19H22N2O/c1-2-6-16-14-21(13-15(16)5-1)11-10-20-18-9-12-22-19-8-4-3-7-17(18)19/h1-8,18,20H,9-14H2. The lowest BCUT2D eigenvalue weighted by Crippen LogP contribution is -2.33. The highest BCUT2D eigenvalue weighted by molar-refractivity contribution is 5.37. The first-order valence-electron chi connectivity index (χ1n) is 8.14. The number of nitrogens with one attached hydrogen (secondary N) is 1. The minimum absolute atomic E-state index is 0.426. The molecule has 0 aliphatic carbocycles. The normalized spacial score (nSPS) is 20.3. The Morgan fingerprint density at radius 1 is 1.00 bits per heavy atom. The molecule has 3 nitrogen and oxygen atoms in total. The van der Waals surface area contributed by atoms with E-state index in [0.717, 1.165) is 45.0 Å². The van der Waals surface area contributed by atoms with Crippen LogP contribution in [0.2, 0.25) is 0 Å². The third-order valence-corrected chi connectivity index (χ3v) is 4.68. The van der Waals surface area contributed by atoms with Crippen molar-refractivity contribution in [1.29, 1.82) is 0 Å². The van der Waals surface area contributed by atoms with E-state index in [4.69, 9.17) is 4.74 Å². The van der Waals surface area contributed by atoms with Crippen molar-refractivity contribution in [3.05, 3.63) is 65.2 Å². The van der Waals surface area contributed by atoms with Crippen LogP contribution in [0.25, 0.3) is 0 Å². The Hall–Kier alpha value is -1.84. The van der Waals surface area contributed by atoms with E-state index in [0.29, 0.717) is 6.04 Å². The Bertz CT molecular complexity index is 630. The van der Waals surface area contributed by atoms with Gasteiger partial charge < -0.3 is 10.1 Å². The SMILES string of the molecule is c1ccc2c(c1)CN(CCNC1CCOc3ccccc31)C2. The summed E-state index contributed by atoms with van der Waals surface area (Å²) in [6.07, 6.45) is 1.05. The molecule has 0 aromatic heterocycles. The highest BCUT2D eigenvalue weighted by Crippen LogP contribution is 2.31. The van der Waals surface area contributed by atoms with E-state index in [1.54, 1.807) is 0 Å². The van der Waals surface area contributed by atoms with Crippen LogP contribution >= 0.6 is 0 Å². The van der Waals surface area contributed by atoms with Crippen LogP contribution in [0.5, 0.6) is 5.75 Å². The molecular formula is C19H22N2O. The monoisotopic (exact) mass is 294 g/mol. The molecule has 1 atom stereocenters. The Labute approximate surface area is 131 Å². The minimum atomic E-state index is 0.426. The first kappa shape index (κ1) is 13.8. The lowest BCUT2D eigenvalue weighted by molar-refractivity contribution is 0.239. The highest BCUT2D eigenvalue weighted by Gasteiger charge is 2.21. The van der Waals surface area contributed by atoms with Crippen LogP contribution in [0.3, 0.4) is 0 Å². The van der Waals surface area contributed by atoms with Gasteiger partial charge in [-0.3, -0.25) is 4.90 Å². The van der Waals surface area contributed by atoms with Gasteiger partial charge in [-0.25, -0.2) is 0 Å². The predicted octanol–water partition coefficient (Wildman–Crippen LogP) is 3.12. The zero-order valence-electron chi connectivity index (χ0n) is 12.8. The fourth-order valence-electron chi connectivity index (χ4n) is 3.51. The fraction of sp³-hybridized carbons (Fsp3) is 0.368. The summed E-state index contributed by atoms with van der Waals surface area (Å²) in [5.74, 6) is 1.04. The number of fused-ring (bicyclic) bond motifs is 2. The number of hydrogen-bond donors (Lipinski definition) is 1. The van der Waals surface area contributed by atoms with Gasteiger partial charge in [0.15, 0.2) is 0 Å². The summed E-state index contributed by atoms with van der Waals surface area (Å²) < 4.78 is 5.73. The lowest BCUT2D eigenvalue weighted by atomic mass is 10.0. The molecule has 0 fully saturated rings. The Morgan fingerprint density at radius 3 is 2.55 bits per heavy atom. The molecule has 22 heavy (non-hydrogen) atoms. The summed E-state index contributed by atoms with van der Waals surface area (Å²) in [5, 5.41) is 3.71. The number of rotatable bonds is 4. The van der Waals surface area contributed by atoms with Gasteiger partial charge in [-0.15, -0.1) is 0 Å². The van der Waals surface area contributed by atoms with Gasteiger partial charge in [0.1, 0.15) is 5.75 Å². The molecule has 114 valence electrons. The summed E-state index contributed by atoms with van der Waals surface area (Å²) in [6, 6.07) is 17.6. The quantitative estimate of drug-likeness (QED) is 0.937. The molecule has 1 unspecified atom stereocenters. The highest BCUT2D eigenvalue weighted by atomic mass is 16.5. The molecule has 0 saturated heterocycles. The molecule has 2 aliphatic heterocycles. The van der Waals surface area contributed by atoms with Crippen LogP contribution in [0, 0.1) is 0 Å². The first-order chi connectivity index (χ1) is 10.9. The van der Waals surface area contributed by atoms with Crippen molar-refractivity contribution in [2.45, 2.75) is 25.6 Å². The van der Waals surface area contributed by atoms with Gasteiger partial charge in [-0.1, -0.05) is 42.5 Å². The number of ether oxygens (including phenoxy) is 1. The summed E-state index contributed by atoms with van der Waals surface area (Å²) in [4.78, 5) is 2.52. The third-order valence-electron chi connectivity index (χ3n) is 4.68. The van der Waals surface area contributed by atoms with Crippen LogP contribution in [0.1, 0.15) is 29.2 Å². The first-order valence-corrected chi connectivity index (χ1v) is 8.14. The average molecular weight is 294 g/mol. The largest absolute Gasteiger partial charge is 0.493 e. The van der Waals surface area contributed by atoms with Crippen molar-refractivity contribution in [1.82, 2.24) is 10.2 Å². The molecule has 1 N–H and O–H groups in total. The van der Waals surface area contributed by atoms with Gasteiger partial charge in [0, 0.05) is 44.2 Å². The zero-order chi connectivity index (χ0) is 14.8. The number of benzene rings is 2. The van der Waals surface area contributed by atoms with Crippen molar-refractivity contribution < 1.29 is 4.74 Å². The van der Waals surface area contributed by atoms with Gasteiger partial charge in [0.05, 0.1) is 6.61 Å². The number of para-hydroxylation sites is 1. The van der Waals surface area contributed by atoms with Crippen LogP contribution < -0.4 is 10.1 Å². The van der Waals surface area contributed by atoms with E-state index >= 15 is 0 Å². The van der Waals surface area contributed by atoms with Gasteiger partial charge in [0.25, 0.3) is 0 Å². The molecular weight excluding hydrogens is 272 g/mol. The second-order valence-electron chi connectivity index (χ2n) is 6.16. The smallest absolute Gasteiger partial charge is 0.124 e. The van der Waals surface area contributed by atoms with Gasteiger partial charge in [-0.05, 0) is 17.2 Å². The maximum atomic E-state index is 5.73. The lowest BCUT2D eigenvalue weighted by Gasteiger charge is -2.27. The topological polar surface area (TPSA) is 24.5 Å². The summed E-state index contributed by atoms with van der Waals surface area (Å²) in [5.41, 5.74) is 4.27. The molecule has 2 heterocycles. The molecule has 2 aromatic carbocycles. The summed E-state index contributed by atoms with van der Waals surface area (Å²) >= 11 is 0. The van der Waals surface area contributed by atoms with E-state index in [9.17, 15) is 0 Å². The van der Waals surface area contributed by atoms with E-state index in [1.807, 2.05) is 6.07 Å².